The maximum atomic E-state index is 3.76. The van der Waals surface area contributed by atoms with Crippen LogP contribution in [0.5, 0.6) is 0 Å². The molecule has 2 nitrogen and oxygen atoms in total. The van der Waals surface area contributed by atoms with Crippen molar-refractivity contribution in [1.82, 2.24) is 10.2 Å². The summed E-state index contributed by atoms with van der Waals surface area (Å²) in [6, 6.07) is 0.800. The van der Waals surface area contributed by atoms with Crippen LogP contribution in [0.3, 0.4) is 0 Å². The molecule has 0 saturated carbocycles. The van der Waals surface area contributed by atoms with Gasteiger partial charge in [0.15, 0.2) is 0 Å². The fourth-order valence-corrected chi connectivity index (χ4v) is 3.77. The smallest absolute Gasteiger partial charge is 0.0172 e. The van der Waals surface area contributed by atoms with Crippen molar-refractivity contribution in [1.29, 1.82) is 0 Å². The van der Waals surface area contributed by atoms with Crippen molar-refractivity contribution in [2.75, 3.05) is 31.9 Å². The predicted octanol–water partition coefficient (Wildman–Crippen LogP) is 1.96. The van der Waals surface area contributed by atoms with Gasteiger partial charge in [0.25, 0.3) is 0 Å². The number of thioether (sulfide) groups is 1. The van der Waals surface area contributed by atoms with Crippen LogP contribution in [0.2, 0.25) is 0 Å². The Morgan fingerprint density at radius 2 is 2.07 bits per heavy atom. The van der Waals surface area contributed by atoms with E-state index >= 15 is 0 Å². The van der Waals surface area contributed by atoms with Crippen molar-refractivity contribution in [2.24, 2.45) is 0 Å². The summed E-state index contributed by atoms with van der Waals surface area (Å²) in [5.74, 6) is 1.39. The van der Waals surface area contributed by atoms with E-state index in [9.17, 15) is 0 Å². The molecule has 1 atom stereocenters. The summed E-state index contributed by atoms with van der Waals surface area (Å²) < 4.78 is 0. The van der Waals surface area contributed by atoms with Gasteiger partial charge in [-0.05, 0) is 51.1 Å². The largest absolute Gasteiger partial charge is 0.313 e. The van der Waals surface area contributed by atoms with E-state index in [1.807, 2.05) is 0 Å². The lowest BCUT2D eigenvalue weighted by atomic mass is 10.0. The third kappa shape index (κ3) is 3.65. The predicted molar refractivity (Wildman–Crippen MR) is 68.6 cm³/mol. The molecule has 2 aliphatic heterocycles. The van der Waals surface area contributed by atoms with Crippen LogP contribution in [0.4, 0.5) is 0 Å². The van der Waals surface area contributed by atoms with Crippen LogP contribution in [-0.2, 0) is 0 Å². The first-order valence-corrected chi connectivity index (χ1v) is 7.50. The van der Waals surface area contributed by atoms with Crippen molar-refractivity contribution in [3.8, 4) is 0 Å². The highest BCUT2D eigenvalue weighted by molar-refractivity contribution is 8.00. The molecular formula is C12H24N2S. The van der Waals surface area contributed by atoms with Gasteiger partial charge in [-0.3, -0.25) is 0 Å². The highest BCUT2D eigenvalue weighted by Gasteiger charge is 2.20. The Kier molecular flexibility index (Phi) is 4.79. The van der Waals surface area contributed by atoms with Gasteiger partial charge in [-0.25, -0.2) is 0 Å². The average Bonchev–Trinajstić information content (AvgIpc) is 2.80. The van der Waals surface area contributed by atoms with Gasteiger partial charge in [-0.1, -0.05) is 6.92 Å². The van der Waals surface area contributed by atoms with Gasteiger partial charge in [0.1, 0.15) is 0 Å². The average molecular weight is 228 g/mol. The molecule has 1 unspecified atom stereocenters. The molecule has 0 bridgehead atoms. The summed E-state index contributed by atoms with van der Waals surface area (Å²) in [6.07, 6.45) is 5.58. The molecule has 0 spiro atoms. The lowest BCUT2D eigenvalue weighted by Crippen LogP contribution is -2.43. The first kappa shape index (κ1) is 11.7. The number of likely N-dealkylation sites (tertiary alicyclic amines) is 1. The van der Waals surface area contributed by atoms with Gasteiger partial charge in [0.05, 0.1) is 0 Å². The third-order valence-corrected chi connectivity index (χ3v) is 5.09. The van der Waals surface area contributed by atoms with E-state index in [4.69, 9.17) is 0 Å². The standard InChI is InChI=1S/C12H24N2S/c1-2-14-7-5-11(6-8-14)13-10-12-4-3-9-15-12/h11-13H,2-10H2,1H3. The molecule has 3 heteroatoms. The molecule has 2 fully saturated rings. The number of nitrogens with one attached hydrogen (secondary N) is 1. The second-order valence-corrected chi connectivity index (χ2v) is 6.16. The second kappa shape index (κ2) is 6.12. The normalized spacial score (nSPS) is 29.8. The first-order valence-electron chi connectivity index (χ1n) is 6.46. The minimum atomic E-state index is 0.800. The Morgan fingerprint density at radius 3 is 2.67 bits per heavy atom. The molecule has 0 amide bonds. The molecule has 2 heterocycles. The number of piperidine rings is 1. The SMILES string of the molecule is CCN1CCC(NCC2CCCS2)CC1. The zero-order chi connectivity index (χ0) is 10.5. The molecule has 88 valence electrons. The summed E-state index contributed by atoms with van der Waals surface area (Å²) in [5, 5.41) is 4.67. The Bertz CT molecular complexity index is 172. The van der Waals surface area contributed by atoms with Crippen LogP contribution in [0.15, 0.2) is 0 Å². The summed E-state index contributed by atoms with van der Waals surface area (Å²) >= 11 is 2.16. The van der Waals surface area contributed by atoms with Crippen LogP contribution in [0.1, 0.15) is 32.6 Å². The molecule has 0 radical (unpaired) electrons. The summed E-state index contributed by atoms with van der Waals surface area (Å²) in [5.41, 5.74) is 0. The highest BCUT2D eigenvalue weighted by Crippen LogP contribution is 2.25. The van der Waals surface area contributed by atoms with Gasteiger partial charge in [0, 0.05) is 17.8 Å². The lowest BCUT2D eigenvalue weighted by Gasteiger charge is -2.32. The van der Waals surface area contributed by atoms with Crippen molar-refractivity contribution in [3.05, 3.63) is 0 Å². The highest BCUT2D eigenvalue weighted by atomic mass is 32.2. The van der Waals surface area contributed by atoms with E-state index in [2.05, 4.69) is 28.9 Å². The van der Waals surface area contributed by atoms with Gasteiger partial charge < -0.3 is 10.2 Å². The fraction of sp³-hybridized carbons (Fsp3) is 1.00. The van der Waals surface area contributed by atoms with E-state index in [0.29, 0.717) is 0 Å². The quantitative estimate of drug-likeness (QED) is 0.792. The summed E-state index contributed by atoms with van der Waals surface area (Å²) in [6.45, 7) is 7.34. The van der Waals surface area contributed by atoms with Gasteiger partial charge in [-0.15, -0.1) is 0 Å². The van der Waals surface area contributed by atoms with E-state index in [1.54, 1.807) is 0 Å². The maximum Gasteiger partial charge on any atom is 0.0172 e. The molecule has 15 heavy (non-hydrogen) atoms. The first-order chi connectivity index (χ1) is 7.38. The minimum absolute atomic E-state index is 0.800. The van der Waals surface area contributed by atoms with E-state index < -0.39 is 0 Å². The molecule has 2 saturated heterocycles. The molecule has 0 aromatic heterocycles. The van der Waals surface area contributed by atoms with Crippen LogP contribution in [0, 0.1) is 0 Å². The lowest BCUT2D eigenvalue weighted by molar-refractivity contribution is 0.207. The molecule has 0 aliphatic carbocycles. The summed E-state index contributed by atoms with van der Waals surface area (Å²) in [4.78, 5) is 2.56. The maximum absolute atomic E-state index is 3.76. The molecule has 0 aromatic rings. The number of nitrogens with zero attached hydrogens (tertiary/aromatic N) is 1. The van der Waals surface area contributed by atoms with Crippen LogP contribution < -0.4 is 5.32 Å². The Hall–Kier alpha value is 0.270. The monoisotopic (exact) mass is 228 g/mol. The zero-order valence-electron chi connectivity index (χ0n) is 9.87. The van der Waals surface area contributed by atoms with Crippen LogP contribution in [0.25, 0.3) is 0 Å². The Morgan fingerprint density at radius 1 is 1.27 bits per heavy atom. The molecule has 2 rings (SSSR count). The van der Waals surface area contributed by atoms with E-state index in [-0.39, 0.29) is 0 Å². The molecule has 2 aliphatic rings. The number of hydrogen-bond acceptors (Lipinski definition) is 3. The molecule has 1 N–H and O–H groups in total. The van der Waals surface area contributed by atoms with Gasteiger partial charge in [0.2, 0.25) is 0 Å². The van der Waals surface area contributed by atoms with E-state index in [1.165, 1.54) is 57.6 Å². The van der Waals surface area contributed by atoms with Gasteiger partial charge >= 0.3 is 0 Å². The van der Waals surface area contributed by atoms with Crippen LogP contribution in [-0.4, -0.2) is 48.1 Å². The van der Waals surface area contributed by atoms with Crippen molar-refractivity contribution in [3.63, 3.8) is 0 Å². The van der Waals surface area contributed by atoms with E-state index in [0.717, 1.165) is 11.3 Å². The fourth-order valence-electron chi connectivity index (χ4n) is 2.56. The van der Waals surface area contributed by atoms with Crippen molar-refractivity contribution < 1.29 is 0 Å². The number of rotatable bonds is 4. The third-order valence-electron chi connectivity index (χ3n) is 3.69. The zero-order valence-corrected chi connectivity index (χ0v) is 10.7. The second-order valence-electron chi connectivity index (χ2n) is 4.75. The van der Waals surface area contributed by atoms with Crippen molar-refractivity contribution in [2.45, 2.75) is 43.9 Å². The molecular weight excluding hydrogens is 204 g/mol. The number of hydrogen-bond donors (Lipinski definition) is 1. The molecule has 0 aromatic carbocycles. The topological polar surface area (TPSA) is 15.3 Å². The van der Waals surface area contributed by atoms with Gasteiger partial charge in [-0.2, -0.15) is 11.8 Å². The van der Waals surface area contributed by atoms with Crippen molar-refractivity contribution >= 4 is 11.8 Å². The Balaban J connectivity index is 1.59. The summed E-state index contributed by atoms with van der Waals surface area (Å²) in [7, 11) is 0. The van der Waals surface area contributed by atoms with Crippen LogP contribution >= 0.6 is 11.8 Å². The minimum Gasteiger partial charge on any atom is -0.313 e. The Labute approximate surface area is 98.2 Å².